The Morgan fingerprint density at radius 1 is 1.06 bits per heavy atom. The van der Waals surface area contributed by atoms with E-state index in [1.165, 1.54) is 12.1 Å². The molecule has 0 bridgehead atoms. The molecule has 1 amide bonds. The molecule has 1 unspecified atom stereocenters. The third kappa shape index (κ3) is 6.56. The first-order valence-electron chi connectivity index (χ1n) is 11.3. The molecule has 1 N–H and O–H groups in total. The second kappa shape index (κ2) is 11.0. The molecule has 0 radical (unpaired) electrons. The lowest BCUT2D eigenvalue weighted by Crippen LogP contribution is -2.39. The zero-order chi connectivity index (χ0) is 23.0. The molecule has 5 nitrogen and oxygen atoms in total. The number of hydrogen-bond donors (Lipinski definition) is 1. The van der Waals surface area contributed by atoms with E-state index in [-0.39, 0.29) is 17.8 Å². The summed E-state index contributed by atoms with van der Waals surface area (Å²) < 4.78 is 24.3. The van der Waals surface area contributed by atoms with Gasteiger partial charge >= 0.3 is 0 Å². The smallest absolute Gasteiger partial charge is 0.224 e. The first-order chi connectivity index (χ1) is 16.1. The normalized spacial score (nSPS) is 15.8. The van der Waals surface area contributed by atoms with Gasteiger partial charge in [0.05, 0.1) is 6.10 Å². The van der Waals surface area contributed by atoms with Crippen molar-refractivity contribution >= 4 is 17.3 Å². The predicted molar refractivity (Wildman–Crippen MR) is 129 cm³/mol. The molecule has 0 aromatic heterocycles. The van der Waals surface area contributed by atoms with Crippen LogP contribution in [0, 0.1) is 5.82 Å². The van der Waals surface area contributed by atoms with Gasteiger partial charge in [0, 0.05) is 38.0 Å². The molecule has 6 heteroatoms. The van der Waals surface area contributed by atoms with Crippen LogP contribution in [-0.2, 0) is 16.0 Å². The summed E-state index contributed by atoms with van der Waals surface area (Å²) in [5.74, 6) is 0.883. The van der Waals surface area contributed by atoms with E-state index in [2.05, 4.69) is 10.2 Å². The molecule has 0 spiro atoms. The Morgan fingerprint density at radius 3 is 2.61 bits per heavy atom. The molecular weight excluding hydrogens is 419 g/mol. The highest BCUT2D eigenvalue weighted by atomic mass is 19.1. The van der Waals surface area contributed by atoms with Crippen molar-refractivity contribution in [3.63, 3.8) is 0 Å². The van der Waals surface area contributed by atoms with Crippen molar-refractivity contribution in [2.45, 2.75) is 31.8 Å². The maximum absolute atomic E-state index is 13.1. The summed E-state index contributed by atoms with van der Waals surface area (Å²) in [6.45, 7) is 1.92. The average molecular weight is 449 g/mol. The van der Waals surface area contributed by atoms with Crippen LogP contribution in [0.5, 0.6) is 11.5 Å². The number of aryl methyl sites for hydroxylation is 1. The van der Waals surface area contributed by atoms with Gasteiger partial charge in [0.2, 0.25) is 5.91 Å². The van der Waals surface area contributed by atoms with Crippen LogP contribution in [-0.4, -0.2) is 32.2 Å². The molecule has 172 valence electrons. The Kier molecular flexibility index (Phi) is 7.58. The highest BCUT2D eigenvalue weighted by molar-refractivity contribution is 5.91. The fourth-order valence-corrected chi connectivity index (χ4v) is 4.01. The SMILES string of the molecule is COC1CCCN(c2ccc(NC(=O)CCc3cccc(Oc4ccc(F)cc4)c3)cc2)C1. The zero-order valence-corrected chi connectivity index (χ0v) is 18.8. The summed E-state index contributed by atoms with van der Waals surface area (Å²) in [4.78, 5) is 14.8. The first kappa shape index (κ1) is 22.8. The first-order valence-corrected chi connectivity index (χ1v) is 11.3. The van der Waals surface area contributed by atoms with E-state index in [0.29, 0.717) is 24.3 Å². The number of carbonyl (C=O) groups excluding carboxylic acids is 1. The van der Waals surface area contributed by atoms with Gasteiger partial charge in [-0.05, 0) is 85.5 Å². The molecular formula is C27H29FN2O3. The van der Waals surface area contributed by atoms with Crippen LogP contribution in [0.3, 0.4) is 0 Å². The van der Waals surface area contributed by atoms with E-state index in [4.69, 9.17) is 9.47 Å². The number of rotatable bonds is 8. The third-order valence-electron chi connectivity index (χ3n) is 5.82. The molecule has 1 fully saturated rings. The molecule has 1 aliphatic heterocycles. The van der Waals surface area contributed by atoms with E-state index in [1.54, 1.807) is 19.2 Å². The monoisotopic (exact) mass is 448 g/mol. The van der Waals surface area contributed by atoms with Gasteiger partial charge in [-0.3, -0.25) is 4.79 Å². The summed E-state index contributed by atoms with van der Waals surface area (Å²) in [6.07, 6.45) is 3.45. The standard InChI is InChI=1S/C27H29FN2O3/c1-32-26-6-3-17-30(19-26)23-12-10-22(11-13-23)29-27(31)16-7-20-4-2-5-25(18-20)33-24-14-8-21(28)9-15-24/h2,4-5,8-15,18,26H,3,6-7,16-17,19H2,1H3,(H,29,31). The van der Waals surface area contributed by atoms with Crippen LogP contribution in [0.1, 0.15) is 24.8 Å². The highest BCUT2D eigenvalue weighted by Crippen LogP contribution is 2.24. The minimum Gasteiger partial charge on any atom is -0.457 e. The summed E-state index contributed by atoms with van der Waals surface area (Å²) in [7, 11) is 1.77. The van der Waals surface area contributed by atoms with Crippen molar-refractivity contribution in [1.82, 2.24) is 0 Å². The third-order valence-corrected chi connectivity index (χ3v) is 5.82. The van der Waals surface area contributed by atoms with Gasteiger partial charge < -0.3 is 19.7 Å². The fraction of sp³-hybridized carbons (Fsp3) is 0.296. The largest absolute Gasteiger partial charge is 0.457 e. The van der Waals surface area contributed by atoms with Crippen LogP contribution < -0.4 is 15.0 Å². The number of benzene rings is 3. The molecule has 1 heterocycles. The number of nitrogens with one attached hydrogen (secondary N) is 1. The molecule has 1 saturated heterocycles. The average Bonchev–Trinajstić information content (AvgIpc) is 2.85. The van der Waals surface area contributed by atoms with Gasteiger partial charge in [0.25, 0.3) is 0 Å². The van der Waals surface area contributed by atoms with Gasteiger partial charge in [-0.15, -0.1) is 0 Å². The zero-order valence-electron chi connectivity index (χ0n) is 18.8. The summed E-state index contributed by atoms with van der Waals surface area (Å²) in [6, 6.07) is 21.5. The Balaban J connectivity index is 1.27. The van der Waals surface area contributed by atoms with E-state index in [1.807, 2.05) is 48.5 Å². The lowest BCUT2D eigenvalue weighted by atomic mass is 10.1. The van der Waals surface area contributed by atoms with Gasteiger partial charge in [0.15, 0.2) is 0 Å². The quantitative estimate of drug-likeness (QED) is 0.473. The predicted octanol–water partition coefficient (Wildman–Crippen LogP) is 5.80. The van der Waals surface area contributed by atoms with Crippen LogP contribution in [0.4, 0.5) is 15.8 Å². The van der Waals surface area contributed by atoms with E-state index >= 15 is 0 Å². The second-order valence-corrected chi connectivity index (χ2v) is 8.24. The molecule has 1 aliphatic rings. The summed E-state index contributed by atoms with van der Waals surface area (Å²) >= 11 is 0. The Labute approximate surface area is 194 Å². The molecule has 1 atom stereocenters. The molecule has 33 heavy (non-hydrogen) atoms. The summed E-state index contributed by atoms with van der Waals surface area (Å²) in [5, 5.41) is 2.97. The minimum absolute atomic E-state index is 0.0370. The number of amides is 1. The Bertz CT molecular complexity index is 1050. The van der Waals surface area contributed by atoms with Crippen molar-refractivity contribution in [1.29, 1.82) is 0 Å². The molecule has 0 aliphatic carbocycles. The van der Waals surface area contributed by atoms with E-state index in [9.17, 15) is 9.18 Å². The van der Waals surface area contributed by atoms with Crippen molar-refractivity contribution < 1.29 is 18.7 Å². The number of piperidine rings is 1. The van der Waals surface area contributed by atoms with Gasteiger partial charge in [-0.1, -0.05) is 12.1 Å². The van der Waals surface area contributed by atoms with Gasteiger partial charge in [-0.2, -0.15) is 0 Å². The van der Waals surface area contributed by atoms with Crippen LogP contribution in [0.25, 0.3) is 0 Å². The van der Waals surface area contributed by atoms with Crippen LogP contribution in [0.15, 0.2) is 72.8 Å². The number of carbonyl (C=O) groups is 1. The highest BCUT2D eigenvalue weighted by Gasteiger charge is 2.19. The van der Waals surface area contributed by atoms with Crippen LogP contribution >= 0.6 is 0 Å². The van der Waals surface area contributed by atoms with Gasteiger partial charge in [-0.25, -0.2) is 4.39 Å². The summed E-state index contributed by atoms with van der Waals surface area (Å²) in [5.41, 5.74) is 2.93. The number of halogens is 1. The maximum Gasteiger partial charge on any atom is 0.224 e. The van der Waals surface area contributed by atoms with Crippen molar-refractivity contribution in [3.05, 3.63) is 84.2 Å². The van der Waals surface area contributed by atoms with Gasteiger partial charge in [0.1, 0.15) is 17.3 Å². The Hall–Kier alpha value is -3.38. The van der Waals surface area contributed by atoms with Crippen molar-refractivity contribution in [3.8, 4) is 11.5 Å². The molecule has 3 aromatic carbocycles. The van der Waals surface area contributed by atoms with Crippen molar-refractivity contribution in [2.24, 2.45) is 0 Å². The maximum atomic E-state index is 13.1. The van der Waals surface area contributed by atoms with E-state index in [0.717, 1.165) is 42.9 Å². The number of nitrogens with zero attached hydrogens (tertiary/aromatic N) is 1. The Morgan fingerprint density at radius 2 is 1.85 bits per heavy atom. The topological polar surface area (TPSA) is 50.8 Å². The number of methoxy groups -OCH3 is 1. The molecule has 0 saturated carbocycles. The van der Waals surface area contributed by atoms with Crippen LogP contribution in [0.2, 0.25) is 0 Å². The fourth-order valence-electron chi connectivity index (χ4n) is 4.01. The number of anilines is 2. The van der Waals surface area contributed by atoms with Crippen molar-refractivity contribution in [2.75, 3.05) is 30.4 Å². The second-order valence-electron chi connectivity index (χ2n) is 8.24. The molecule has 4 rings (SSSR count). The van der Waals surface area contributed by atoms with E-state index < -0.39 is 0 Å². The number of hydrogen-bond acceptors (Lipinski definition) is 4. The number of ether oxygens (including phenoxy) is 2. The minimum atomic E-state index is -0.303. The molecule has 3 aromatic rings. The lowest BCUT2D eigenvalue weighted by Gasteiger charge is -2.33. The lowest BCUT2D eigenvalue weighted by molar-refractivity contribution is -0.116.